The molecule has 1 amide bonds. The predicted molar refractivity (Wildman–Crippen MR) is 128 cm³/mol. The monoisotopic (exact) mass is 484 g/mol. The van der Waals surface area contributed by atoms with Crippen molar-refractivity contribution in [1.82, 2.24) is 9.13 Å². The Hall–Kier alpha value is -3.76. The molecule has 0 radical (unpaired) electrons. The number of aryl methyl sites for hydroxylation is 1. The molecule has 33 heavy (non-hydrogen) atoms. The van der Waals surface area contributed by atoms with Crippen molar-refractivity contribution in [3.63, 3.8) is 0 Å². The van der Waals surface area contributed by atoms with Crippen LogP contribution < -0.4 is 16.6 Å². The lowest BCUT2D eigenvalue weighted by Crippen LogP contribution is -2.40. The molecule has 4 aromatic rings. The van der Waals surface area contributed by atoms with Crippen LogP contribution in [-0.2, 0) is 17.8 Å². The quantitative estimate of drug-likeness (QED) is 0.328. The number of carbonyl (C=O) groups excluding carboxylic acids is 1. The summed E-state index contributed by atoms with van der Waals surface area (Å²) in [6.45, 7) is 1.58. The number of carbonyl (C=O) groups is 1. The lowest BCUT2D eigenvalue weighted by Gasteiger charge is -2.12. The second-order valence-electron chi connectivity index (χ2n) is 7.13. The van der Waals surface area contributed by atoms with Gasteiger partial charge in [0.05, 0.1) is 16.0 Å². The van der Waals surface area contributed by atoms with Crippen LogP contribution in [0.2, 0.25) is 5.02 Å². The largest absolute Gasteiger partial charge is 0.337 e. The van der Waals surface area contributed by atoms with Crippen molar-refractivity contribution in [3.8, 4) is 5.69 Å². The van der Waals surface area contributed by atoms with E-state index in [-0.39, 0.29) is 12.2 Å². The van der Waals surface area contributed by atoms with Crippen molar-refractivity contribution in [2.45, 2.75) is 19.9 Å². The minimum Gasteiger partial charge on any atom is -0.325 e. The van der Waals surface area contributed by atoms with Gasteiger partial charge in [0.1, 0.15) is 11.4 Å². The van der Waals surface area contributed by atoms with Crippen molar-refractivity contribution in [2.75, 3.05) is 5.32 Å². The Morgan fingerprint density at radius 1 is 1.15 bits per heavy atom. The van der Waals surface area contributed by atoms with Gasteiger partial charge in [0.25, 0.3) is 11.2 Å². The number of fused-ring (bicyclic) bond motifs is 1. The summed E-state index contributed by atoms with van der Waals surface area (Å²) in [6, 6.07) is 13.4. The smallest absolute Gasteiger partial charge is 0.325 e. The third-order valence-electron chi connectivity index (χ3n) is 4.94. The van der Waals surface area contributed by atoms with Crippen molar-refractivity contribution in [3.05, 3.63) is 95.4 Å². The number of hydrogen-bond acceptors (Lipinski definition) is 6. The molecule has 11 heteroatoms. The summed E-state index contributed by atoms with van der Waals surface area (Å²) in [6.07, 6.45) is 0.666. The molecule has 9 nitrogen and oxygen atoms in total. The van der Waals surface area contributed by atoms with Gasteiger partial charge in [-0.3, -0.25) is 24.3 Å². The number of anilines is 1. The number of nitro benzene ring substituents is 1. The summed E-state index contributed by atoms with van der Waals surface area (Å²) in [7, 11) is 0. The van der Waals surface area contributed by atoms with Gasteiger partial charge in [0.15, 0.2) is 0 Å². The van der Waals surface area contributed by atoms with Gasteiger partial charge in [-0.25, -0.2) is 9.36 Å². The number of nitrogens with one attached hydrogen (secondary N) is 1. The van der Waals surface area contributed by atoms with E-state index in [1.807, 2.05) is 6.92 Å². The molecular weight excluding hydrogens is 468 g/mol. The number of rotatable bonds is 6. The molecule has 0 atom stereocenters. The molecule has 1 N–H and O–H groups in total. The Morgan fingerprint density at radius 2 is 1.88 bits per heavy atom. The first-order valence-electron chi connectivity index (χ1n) is 9.87. The lowest BCUT2D eigenvalue weighted by molar-refractivity contribution is -0.384. The number of non-ortho nitro benzene ring substituents is 1. The van der Waals surface area contributed by atoms with Crippen molar-refractivity contribution >= 4 is 50.4 Å². The summed E-state index contributed by atoms with van der Waals surface area (Å²) in [4.78, 5) is 50.8. The van der Waals surface area contributed by atoms with E-state index >= 15 is 0 Å². The van der Waals surface area contributed by atoms with Crippen LogP contribution in [0.3, 0.4) is 0 Å². The van der Waals surface area contributed by atoms with E-state index < -0.39 is 22.1 Å². The average molecular weight is 485 g/mol. The highest BCUT2D eigenvalue weighted by molar-refractivity contribution is 7.18. The standard InChI is InChI=1S/C22H17ClN4O5S/c1-2-17-11-18-20(29)26(16-5-3-4-13(23)10-16)22(30)25(21(18)33-17)12-19(28)24-14-6-8-15(9-7-14)27(31)32/h3-11H,2,12H2,1H3,(H,24,28). The summed E-state index contributed by atoms with van der Waals surface area (Å²) in [5.41, 5.74) is -0.616. The Kier molecular flexibility index (Phi) is 6.12. The fraction of sp³-hybridized carbons (Fsp3) is 0.136. The minimum atomic E-state index is -0.668. The van der Waals surface area contributed by atoms with Gasteiger partial charge in [-0.05, 0) is 42.8 Å². The molecule has 0 unspecified atom stereocenters. The van der Waals surface area contributed by atoms with E-state index in [1.54, 1.807) is 24.3 Å². The van der Waals surface area contributed by atoms with Crippen LogP contribution in [0.25, 0.3) is 15.9 Å². The fourth-order valence-electron chi connectivity index (χ4n) is 3.37. The number of thiophene rings is 1. The molecule has 168 valence electrons. The Balaban J connectivity index is 1.78. The highest BCUT2D eigenvalue weighted by atomic mass is 35.5. The van der Waals surface area contributed by atoms with Gasteiger partial charge in [-0.1, -0.05) is 24.6 Å². The van der Waals surface area contributed by atoms with E-state index in [0.717, 1.165) is 9.44 Å². The maximum Gasteiger partial charge on any atom is 0.337 e. The number of nitro groups is 1. The lowest BCUT2D eigenvalue weighted by atomic mass is 10.2. The molecule has 0 aliphatic carbocycles. The maximum absolute atomic E-state index is 13.4. The zero-order chi connectivity index (χ0) is 23.7. The minimum absolute atomic E-state index is 0.106. The highest BCUT2D eigenvalue weighted by Crippen LogP contribution is 2.24. The van der Waals surface area contributed by atoms with Crippen LogP contribution in [0.5, 0.6) is 0 Å². The first kappa shape index (κ1) is 22.4. The summed E-state index contributed by atoms with van der Waals surface area (Å²) in [5.74, 6) is -0.519. The average Bonchev–Trinajstić information content (AvgIpc) is 3.22. The Bertz CT molecular complexity index is 1500. The third-order valence-corrected chi connectivity index (χ3v) is 6.48. The van der Waals surface area contributed by atoms with Crippen LogP contribution in [0.4, 0.5) is 11.4 Å². The zero-order valence-electron chi connectivity index (χ0n) is 17.3. The van der Waals surface area contributed by atoms with Gasteiger partial charge >= 0.3 is 5.69 Å². The normalized spacial score (nSPS) is 11.0. The maximum atomic E-state index is 13.4. The highest BCUT2D eigenvalue weighted by Gasteiger charge is 2.19. The van der Waals surface area contributed by atoms with Crippen molar-refractivity contribution in [1.29, 1.82) is 0 Å². The van der Waals surface area contributed by atoms with E-state index in [4.69, 9.17) is 11.6 Å². The molecule has 2 heterocycles. The van der Waals surface area contributed by atoms with E-state index in [9.17, 15) is 24.5 Å². The SMILES string of the molecule is CCc1cc2c(=O)n(-c3cccc(Cl)c3)c(=O)n(CC(=O)Nc3ccc([N+](=O)[O-])cc3)c2s1. The predicted octanol–water partition coefficient (Wildman–Crippen LogP) is 3.98. The molecule has 0 aliphatic rings. The number of halogens is 1. The second-order valence-corrected chi connectivity index (χ2v) is 8.68. The van der Waals surface area contributed by atoms with Crippen molar-refractivity contribution in [2.24, 2.45) is 0 Å². The molecule has 0 fully saturated rings. The fourth-order valence-corrected chi connectivity index (χ4v) is 4.63. The summed E-state index contributed by atoms with van der Waals surface area (Å²) >= 11 is 7.34. The van der Waals surface area contributed by atoms with Crippen LogP contribution in [0.15, 0.2) is 64.2 Å². The molecule has 2 aromatic carbocycles. The Labute approximate surface area is 195 Å². The van der Waals surface area contributed by atoms with Gasteiger partial charge < -0.3 is 5.32 Å². The van der Waals surface area contributed by atoms with Gasteiger partial charge in [0.2, 0.25) is 5.91 Å². The molecule has 2 aromatic heterocycles. The van der Waals surface area contributed by atoms with Crippen LogP contribution >= 0.6 is 22.9 Å². The zero-order valence-corrected chi connectivity index (χ0v) is 18.9. The molecule has 0 saturated heterocycles. The van der Waals surface area contributed by atoms with Crippen LogP contribution in [0, 0.1) is 10.1 Å². The van der Waals surface area contributed by atoms with Gasteiger partial charge in [0, 0.05) is 27.7 Å². The van der Waals surface area contributed by atoms with E-state index in [0.29, 0.717) is 33.0 Å². The number of nitrogens with zero attached hydrogens (tertiary/aromatic N) is 3. The summed E-state index contributed by atoms with van der Waals surface area (Å²) in [5, 5.41) is 14.1. The number of aromatic nitrogens is 2. The summed E-state index contributed by atoms with van der Waals surface area (Å²) < 4.78 is 2.25. The number of benzene rings is 2. The van der Waals surface area contributed by atoms with Gasteiger partial charge in [-0.15, -0.1) is 11.3 Å². The topological polar surface area (TPSA) is 116 Å². The number of amides is 1. The molecular formula is C22H17ClN4O5S. The number of hydrogen-bond donors (Lipinski definition) is 1. The van der Waals surface area contributed by atoms with E-state index in [1.165, 1.54) is 46.2 Å². The Morgan fingerprint density at radius 3 is 2.52 bits per heavy atom. The third kappa shape index (κ3) is 4.43. The van der Waals surface area contributed by atoms with Crippen molar-refractivity contribution < 1.29 is 9.72 Å². The first-order valence-corrected chi connectivity index (χ1v) is 11.1. The molecule has 4 rings (SSSR count). The second kappa shape index (κ2) is 9.00. The molecule has 0 aliphatic heterocycles. The first-order chi connectivity index (χ1) is 15.8. The molecule has 0 spiro atoms. The molecule has 0 saturated carbocycles. The van der Waals surface area contributed by atoms with Crippen LogP contribution in [0.1, 0.15) is 11.8 Å². The van der Waals surface area contributed by atoms with Crippen LogP contribution in [-0.4, -0.2) is 20.0 Å². The van der Waals surface area contributed by atoms with E-state index in [2.05, 4.69) is 5.32 Å². The van der Waals surface area contributed by atoms with Gasteiger partial charge in [-0.2, -0.15) is 0 Å². The molecule has 0 bridgehead atoms.